The van der Waals surface area contributed by atoms with Crippen molar-refractivity contribution in [2.24, 2.45) is 11.5 Å². The summed E-state index contributed by atoms with van der Waals surface area (Å²) in [6.45, 7) is 1.33. The van der Waals surface area contributed by atoms with Crippen LogP contribution in [0.1, 0.15) is 30.4 Å². The molecule has 1 heterocycles. The molecular formula is C28H37N7O5. The molecule has 12 nitrogen and oxygen atoms in total. The maximum absolute atomic E-state index is 14.1. The smallest absolute Gasteiger partial charge is 0.312 e. The lowest BCUT2D eigenvalue weighted by Crippen LogP contribution is -2.59. The third-order valence-electron chi connectivity index (χ3n) is 6.79. The molecule has 0 aromatic heterocycles. The minimum Gasteiger partial charge on any atom is -0.358 e. The lowest BCUT2D eigenvalue weighted by atomic mass is 9.96. The van der Waals surface area contributed by atoms with Crippen molar-refractivity contribution < 1.29 is 24.0 Å². The zero-order valence-electron chi connectivity index (χ0n) is 22.7. The maximum atomic E-state index is 14.1. The second kappa shape index (κ2) is 14.1. The Balaban J connectivity index is 1.96. The van der Waals surface area contributed by atoms with Gasteiger partial charge in [0, 0.05) is 32.6 Å². The van der Waals surface area contributed by atoms with Gasteiger partial charge in [0.2, 0.25) is 23.6 Å². The molecule has 12 heteroatoms. The van der Waals surface area contributed by atoms with Crippen LogP contribution in [0.25, 0.3) is 0 Å². The van der Waals surface area contributed by atoms with Crippen molar-refractivity contribution in [3.63, 3.8) is 0 Å². The summed E-state index contributed by atoms with van der Waals surface area (Å²) in [7, 11) is 1.49. The van der Waals surface area contributed by atoms with Gasteiger partial charge in [-0.2, -0.15) is 0 Å². The van der Waals surface area contributed by atoms with Crippen LogP contribution in [0.15, 0.2) is 60.7 Å². The van der Waals surface area contributed by atoms with E-state index in [1.807, 2.05) is 60.7 Å². The zero-order valence-corrected chi connectivity index (χ0v) is 22.7. The van der Waals surface area contributed by atoms with Gasteiger partial charge in [-0.3, -0.25) is 19.2 Å². The van der Waals surface area contributed by atoms with E-state index in [1.165, 1.54) is 23.8 Å². The van der Waals surface area contributed by atoms with Crippen LogP contribution in [-0.2, 0) is 25.7 Å². The number of hydrogen-bond acceptors (Lipinski definition) is 6. The van der Waals surface area contributed by atoms with Crippen LogP contribution in [-0.4, -0.2) is 84.3 Å². The van der Waals surface area contributed by atoms with Crippen molar-refractivity contribution in [1.29, 1.82) is 0 Å². The molecule has 40 heavy (non-hydrogen) atoms. The quantitative estimate of drug-likeness (QED) is 0.254. The van der Waals surface area contributed by atoms with Gasteiger partial charge in [0.1, 0.15) is 12.1 Å². The molecule has 0 radical (unpaired) electrons. The molecule has 1 aliphatic heterocycles. The van der Waals surface area contributed by atoms with Crippen molar-refractivity contribution in [1.82, 2.24) is 25.8 Å². The van der Waals surface area contributed by atoms with E-state index in [0.717, 1.165) is 11.1 Å². The summed E-state index contributed by atoms with van der Waals surface area (Å²) in [6, 6.07) is 14.8. The average molecular weight is 552 g/mol. The van der Waals surface area contributed by atoms with Crippen LogP contribution >= 0.6 is 0 Å². The minimum absolute atomic E-state index is 0.162. The summed E-state index contributed by atoms with van der Waals surface area (Å²) < 4.78 is 0. The topological polar surface area (TPSA) is 180 Å². The van der Waals surface area contributed by atoms with Crippen molar-refractivity contribution in [2.45, 2.75) is 43.9 Å². The van der Waals surface area contributed by atoms with Gasteiger partial charge in [0.15, 0.2) is 0 Å². The normalized spacial score (nSPS) is 17.8. The molecule has 0 bridgehead atoms. The summed E-state index contributed by atoms with van der Waals surface area (Å²) in [5.74, 6) is -2.10. The van der Waals surface area contributed by atoms with Crippen molar-refractivity contribution in [3.8, 4) is 0 Å². The van der Waals surface area contributed by atoms with E-state index in [0.29, 0.717) is 6.42 Å². The first kappa shape index (κ1) is 30.1. The Morgan fingerprint density at radius 2 is 1.65 bits per heavy atom. The van der Waals surface area contributed by atoms with Crippen molar-refractivity contribution in [2.75, 3.05) is 26.7 Å². The number of rotatable bonds is 11. The molecule has 2 aromatic rings. The monoisotopic (exact) mass is 551 g/mol. The molecule has 2 aromatic carbocycles. The first-order valence-corrected chi connectivity index (χ1v) is 13.1. The summed E-state index contributed by atoms with van der Waals surface area (Å²) in [5, 5.41) is 7.46. The van der Waals surface area contributed by atoms with Crippen LogP contribution in [0, 0.1) is 0 Å². The number of urea groups is 1. The number of carbonyl (C=O) groups excluding carboxylic acids is 5. The summed E-state index contributed by atoms with van der Waals surface area (Å²) in [6.07, 6.45) is 0.310. The Bertz CT molecular complexity index is 1190. The Kier molecular flexibility index (Phi) is 10.6. The van der Waals surface area contributed by atoms with Crippen LogP contribution in [0.4, 0.5) is 4.79 Å². The van der Waals surface area contributed by atoms with Gasteiger partial charge in [-0.15, -0.1) is 0 Å². The SMILES string of the molecule is CNC(=O)CN(Cc1ccccc1)C(=O)[C@@H]1C[C@H](c2ccccc2)CN1C(=O)C(CNC(N)=O)NC(=O)C(C)N. The molecule has 214 valence electrons. The second-order valence-corrected chi connectivity index (χ2v) is 9.80. The highest BCUT2D eigenvalue weighted by Gasteiger charge is 2.44. The largest absolute Gasteiger partial charge is 0.358 e. The van der Waals surface area contributed by atoms with E-state index in [9.17, 15) is 24.0 Å². The maximum Gasteiger partial charge on any atom is 0.312 e. The molecule has 1 fully saturated rings. The molecule has 6 amide bonds. The Labute approximate surface area is 233 Å². The lowest BCUT2D eigenvalue weighted by molar-refractivity contribution is -0.147. The van der Waals surface area contributed by atoms with E-state index in [4.69, 9.17) is 11.5 Å². The zero-order chi connectivity index (χ0) is 29.2. The van der Waals surface area contributed by atoms with Crippen LogP contribution < -0.4 is 27.4 Å². The number of nitrogens with two attached hydrogens (primary N) is 2. The van der Waals surface area contributed by atoms with Gasteiger partial charge in [0.25, 0.3) is 0 Å². The number of nitrogens with zero attached hydrogens (tertiary/aromatic N) is 2. The standard InChI is InChI=1S/C28H37N7O5/c1-18(29)25(37)33-22(14-32-28(30)40)26(38)35-16-21(20-11-7-4-8-12-20)13-23(35)27(39)34(17-24(36)31-2)15-19-9-5-3-6-10-19/h3-12,18,21-23H,13-17,29H2,1-2H3,(H,31,36)(H,33,37)(H3,30,32,40)/t18?,21-,22?,23-/m0/s1. The Hall–Kier alpha value is -4.45. The summed E-state index contributed by atoms with van der Waals surface area (Å²) >= 11 is 0. The van der Waals surface area contributed by atoms with E-state index in [1.54, 1.807) is 0 Å². The van der Waals surface area contributed by atoms with E-state index in [-0.39, 0.29) is 38.0 Å². The van der Waals surface area contributed by atoms with Gasteiger partial charge in [0.05, 0.1) is 12.6 Å². The fourth-order valence-corrected chi connectivity index (χ4v) is 4.67. The van der Waals surface area contributed by atoms with Gasteiger partial charge in [-0.05, 0) is 24.5 Å². The fraction of sp³-hybridized carbons (Fsp3) is 0.393. The van der Waals surface area contributed by atoms with Gasteiger partial charge in [-0.1, -0.05) is 60.7 Å². The Morgan fingerprint density at radius 1 is 1.02 bits per heavy atom. The van der Waals surface area contributed by atoms with Gasteiger partial charge < -0.3 is 37.2 Å². The first-order chi connectivity index (χ1) is 19.1. The van der Waals surface area contributed by atoms with Crippen molar-refractivity contribution in [3.05, 3.63) is 71.8 Å². The molecule has 2 unspecified atom stereocenters. The third-order valence-corrected chi connectivity index (χ3v) is 6.79. The van der Waals surface area contributed by atoms with Gasteiger partial charge in [-0.25, -0.2) is 4.79 Å². The molecular weight excluding hydrogens is 514 g/mol. The summed E-state index contributed by atoms with van der Waals surface area (Å²) in [5.41, 5.74) is 12.7. The number of carbonyl (C=O) groups is 5. The third kappa shape index (κ3) is 8.03. The van der Waals surface area contributed by atoms with Crippen LogP contribution in [0.2, 0.25) is 0 Å². The minimum atomic E-state index is -1.21. The van der Waals surface area contributed by atoms with E-state index in [2.05, 4.69) is 16.0 Å². The molecule has 1 saturated heterocycles. The molecule has 0 spiro atoms. The fourth-order valence-electron chi connectivity index (χ4n) is 4.67. The molecule has 0 saturated carbocycles. The molecule has 3 rings (SSSR count). The predicted molar refractivity (Wildman–Crippen MR) is 148 cm³/mol. The number of nitrogens with one attached hydrogen (secondary N) is 3. The number of likely N-dealkylation sites (tertiary alicyclic amines) is 1. The van der Waals surface area contributed by atoms with Crippen molar-refractivity contribution >= 4 is 29.7 Å². The molecule has 1 aliphatic rings. The van der Waals surface area contributed by atoms with E-state index < -0.39 is 41.9 Å². The lowest BCUT2D eigenvalue weighted by Gasteiger charge is -2.32. The molecule has 4 atom stereocenters. The number of hydrogen-bond donors (Lipinski definition) is 5. The molecule has 7 N–H and O–H groups in total. The average Bonchev–Trinajstić information content (AvgIpc) is 3.40. The van der Waals surface area contributed by atoms with E-state index >= 15 is 0 Å². The predicted octanol–water partition coefficient (Wildman–Crippen LogP) is -0.354. The van der Waals surface area contributed by atoms with Crippen LogP contribution in [0.3, 0.4) is 0 Å². The van der Waals surface area contributed by atoms with Gasteiger partial charge >= 0.3 is 6.03 Å². The Morgan fingerprint density at radius 3 is 2.23 bits per heavy atom. The van der Waals surface area contributed by atoms with Crippen LogP contribution in [0.5, 0.6) is 0 Å². The highest BCUT2D eigenvalue weighted by Crippen LogP contribution is 2.33. The number of benzene rings is 2. The highest BCUT2D eigenvalue weighted by molar-refractivity contribution is 5.95. The number of likely N-dealkylation sites (N-methyl/N-ethyl adjacent to an activating group) is 1. The summed E-state index contributed by atoms with van der Waals surface area (Å²) in [4.78, 5) is 67.0. The first-order valence-electron chi connectivity index (χ1n) is 13.1. The number of primary amides is 1. The number of amides is 6. The molecule has 0 aliphatic carbocycles. The highest BCUT2D eigenvalue weighted by atomic mass is 16.2. The second-order valence-electron chi connectivity index (χ2n) is 9.80.